The van der Waals surface area contributed by atoms with Crippen molar-refractivity contribution in [1.82, 2.24) is 0 Å². The fraction of sp³-hybridized carbons (Fsp3) is 1.00. The van der Waals surface area contributed by atoms with E-state index in [0.717, 1.165) is 18.3 Å². The van der Waals surface area contributed by atoms with Crippen molar-refractivity contribution >= 4 is 0 Å². The summed E-state index contributed by atoms with van der Waals surface area (Å²) in [5.41, 5.74) is 0. The van der Waals surface area contributed by atoms with Crippen LogP contribution in [-0.4, -0.2) is 11.2 Å². The van der Waals surface area contributed by atoms with Crippen molar-refractivity contribution < 1.29 is 5.11 Å². The lowest BCUT2D eigenvalue weighted by Gasteiger charge is -2.12. The fourth-order valence-corrected chi connectivity index (χ4v) is 1.72. The van der Waals surface area contributed by atoms with Crippen LogP contribution in [0.1, 0.15) is 66.2 Å². The Kier molecular flexibility index (Phi) is 8.26. The van der Waals surface area contributed by atoms with Gasteiger partial charge >= 0.3 is 0 Å². The zero-order valence-corrected chi connectivity index (χ0v) is 10.4. The molecule has 0 rings (SSSR count). The largest absolute Gasteiger partial charge is 0.393 e. The van der Waals surface area contributed by atoms with Gasteiger partial charge in [0.05, 0.1) is 6.10 Å². The second kappa shape index (κ2) is 8.28. The van der Waals surface area contributed by atoms with Crippen LogP contribution in [-0.2, 0) is 0 Å². The van der Waals surface area contributed by atoms with Crippen molar-refractivity contribution in [3.8, 4) is 0 Å². The Bertz CT molecular complexity index is 118. The SMILES string of the molecule is CC(C)CCCCC(C)CCC(C)O. The van der Waals surface area contributed by atoms with Crippen LogP contribution in [0.25, 0.3) is 0 Å². The van der Waals surface area contributed by atoms with E-state index in [-0.39, 0.29) is 6.10 Å². The minimum Gasteiger partial charge on any atom is -0.393 e. The van der Waals surface area contributed by atoms with Gasteiger partial charge in [-0.1, -0.05) is 46.5 Å². The first-order valence-electron chi connectivity index (χ1n) is 6.20. The molecule has 2 unspecified atom stereocenters. The van der Waals surface area contributed by atoms with Gasteiger partial charge in [-0.3, -0.25) is 0 Å². The van der Waals surface area contributed by atoms with E-state index in [1.165, 1.54) is 32.1 Å². The summed E-state index contributed by atoms with van der Waals surface area (Å²) < 4.78 is 0. The third-order valence-corrected chi connectivity index (χ3v) is 2.81. The number of unbranched alkanes of at least 4 members (excludes halogenated alkanes) is 1. The van der Waals surface area contributed by atoms with Gasteiger partial charge in [0.2, 0.25) is 0 Å². The summed E-state index contributed by atoms with van der Waals surface area (Å²) in [5.74, 6) is 1.64. The predicted octanol–water partition coefficient (Wildman–Crippen LogP) is 4.00. The van der Waals surface area contributed by atoms with Crippen LogP contribution >= 0.6 is 0 Å². The highest BCUT2D eigenvalue weighted by atomic mass is 16.3. The predicted molar refractivity (Wildman–Crippen MR) is 63.4 cm³/mol. The Labute approximate surface area is 89.9 Å². The normalized spacial score (nSPS) is 15.9. The Hall–Kier alpha value is -0.0400. The summed E-state index contributed by atoms with van der Waals surface area (Å²) in [4.78, 5) is 0. The first-order chi connectivity index (χ1) is 6.52. The fourth-order valence-electron chi connectivity index (χ4n) is 1.72. The molecule has 86 valence electrons. The molecule has 1 N–H and O–H groups in total. The Morgan fingerprint density at radius 3 is 1.86 bits per heavy atom. The molecule has 0 saturated heterocycles. The average molecular weight is 200 g/mol. The van der Waals surface area contributed by atoms with Gasteiger partial charge in [-0.15, -0.1) is 0 Å². The van der Waals surface area contributed by atoms with Crippen LogP contribution < -0.4 is 0 Å². The van der Waals surface area contributed by atoms with Crippen molar-refractivity contribution in [3.05, 3.63) is 0 Å². The maximum absolute atomic E-state index is 9.15. The molecule has 0 aliphatic rings. The van der Waals surface area contributed by atoms with Crippen molar-refractivity contribution in [2.24, 2.45) is 11.8 Å². The molecule has 0 aliphatic heterocycles. The highest BCUT2D eigenvalue weighted by Gasteiger charge is 2.04. The molecule has 0 fully saturated rings. The molecule has 0 radical (unpaired) electrons. The van der Waals surface area contributed by atoms with Gasteiger partial charge in [-0.05, 0) is 31.6 Å². The van der Waals surface area contributed by atoms with Gasteiger partial charge in [-0.25, -0.2) is 0 Å². The van der Waals surface area contributed by atoms with Crippen molar-refractivity contribution in [3.63, 3.8) is 0 Å². The third-order valence-electron chi connectivity index (χ3n) is 2.81. The van der Waals surface area contributed by atoms with Crippen LogP contribution in [0, 0.1) is 11.8 Å². The Morgan fingerprint density at radius 2 is 1.36 bits per heavy atom. The second-order valence-electron chi connectivity index (χ2n) is 5.21. The number of aliphatic hydroxyl groups is 1. The van der Waals surface area contributed by atoms with Crippen molar-refractivity contribution in [1.29, 1.82) is 0 Å². The summed E-state index contributed by atoms with van der Waals surface area (Å²) in [6.45, 7) is 8.76. The highest BCUT2D eigenvalue weighted by Crippen LogP contribution is 2.17. The molecule has 14 heavy (non-hydrogen) atoms. The maximum Gasteiger partial charge on any atom is 0.0512 e. The zero-order valence-electron chi connectivity index (χ0n) is 10.4. The number of hydrogen-bond acceptors (Lipinski definition) is 1. The quantitative estimate of drug-likeness (QED) is 0.587. The first-order valence-corrected chi connectivity index (χ1v) is 6.20. The summed E-state index contributed by atoms with van der Waals surface area (Å²) in [7, 11) is 0. The van der Waals surface area contributed by atoms with Crippen molar-refractivity contribution in [2.45, 2.75) is 72.3 Å². The lowest BCUT2D eigenvalue weighted by atomic mass is 9.95. The van der Waals surface area contributed by atoms with Gasteiger partial charge in [0.15, 0.2) is 0 Å². The molecule has 0 spiro atoms. The molecule has 1 nitrogen and oxygen atoms in total. The van der Waals surface area contributed by atoms with E-state index < -0.39 is 0 Å². The molecule has 0 bridgehead atoms. The van der Waals surface area contributed by atoms with Gasteiger partial charge in [0.1, 0.15) is 0 Å². The summed E-state index contributed by atoms with van der Waals surface area (Å²) in [6.07, 6.45) is 7.46. The molecule has 2 atom stereocenters. The first kappa shape index (κ1) is 14.0. The molecule has 0 aliphatic carbocycles. The standard InChI is InChI=1S/C13H28O/c1-11(2)7-5-6-8-12(3)9-10-13(4)14/h11-14H,5-10H2,1-4H3. The molecule has 0 aromatic heterocycles. The van der Waals surface area contributed by atoms with Crippen LogP contribution in [0.2, 0.25) is 0 Å². The Morgan fingerprint density at radius 1 is 0.786 bits per heavy atom. The number of hydrogen-bond donors (Lipinski definition) is 1. The second-order valence-corrected chi connectivity index (χ2v) is 5.21. The van der Waals surface area contributed by atoms with E-state index in [0.29, 0.717) is 0 Å². The van der Waals surface area contributed by atoms with E-state index in [1.807, 2.05) is 6.92 Å². The number of aliphatic hydroxyl groups excluding tert-OH is 1. The van der Waals surface area contributed by atoms with Crippen molar-refractivity contribution in [2.75, 3.05) is 0 Å². The molecule has 0 aromatic rings. The molecular weight excluding hydrogens is 172 g/mol. The molecule has 0 heterocycles. The lowest BCUT2D eigenvalue weighted by molar-refractivity contribution is 0.173. The van der Waals surface area contributed by atoms with E-state index in [4.69, 9.17) is 5.11 Å². The lowest BCUT2D eigenvalue weighted by Crippen LogP contribution is -2.03. The third kappa shape index (κ3) is 10.0. The molecule has 0 amide bonds. The minimum atomic E-state index is -0.117. The summed E-state index contributed by atoms with van der Waals surface area (Å²) >= 11 is 0. The molecular formula is C13H28O. The molecule has 0 aromatic carbocycles. The van der Waals surface area contributed by atoms with E-state index in [2.05, 4.69) is 20.8 Å². The van der Waals surface area contributed by atoms with Gasteiger partial charge in [0.25, 0.3) is 0 Å². The summed E-state index contributed by atoms with van der Waals surface area (Å²) in [5, 5.41) is 9.15. The van der Waals surface area contributed by atoms with Gasteiger partial charge in [-0.2, -0.15) is 0 Å². The van der Waals surface area contributed by atoms with Gasteiger partial charge < -0.3 is 5.11 Å². The minimum absolute atomic E-state index is 0.117. The van der Waals surface area contributed by atoms with Gasteiger partial charge in [0, 0.05) is 0 Å². The van der Waals surface area contributed by atoms with E-state index in [1.54, 1.807) is 0 Å². The van der Waals surface area contributed by atoms with Crippen LogP contribution in [0.5, 0.6) is 0 Å². The molecule has 0 saturated carbocycles. The topological polar surface area (TPSA) is 20.2 Å². The summed E-state index contributed by atoms with van der Waals surface area (Å²) in [6, 6.07) is 0. The number of rotatable bonds is 8. The Balaban J connectivity index is 3.22. The monoisotopic (exact) mass is 200 g/mol. The van der Waals surface area contributed by atoms with E-state index in [9.17, 15) is 0 Å². The maximum atomic E-state index is 9.15. The van der Waals surface area contributed by atoms with Crippen LogP contribution in [0.4, 0.5) is 0 Å². The highest BCUT2D eigenvalue weighted by molar-refractivity contribution is 4.57. The van der Waals surface area contributed by atoms with E-state index >= 15 is 0 Å². The molecule has 1 heteroatoms. The van der Waals surface area contributed by atoms with Crippen LogP contribution in [0.15, 0.2) is 0 Å². The van der Waals surface area contributed by atoms with Crippen LogP contribution in [0.3, 0.4) is 0 Å². The smallest absolute Gasteiger partial charge is 0.0512 e. The zero-order chi connectivity index (χ0) is 11.0. The average Bonchev–Trinajstić information content (AvgIpc) is 2.08.